The Morgan fingerprint density at radius 1 is 0.978 bits per heavy atom. The number of likely N-dealkylation sites (tertiary alicyclic amines) is 1. The summed E-state index contributed by atoms with van der Waals surface area (Å²) in [5.41, 5.74) is -1.07. The van der Waals surface area contributed by atoms with Crippen LogP contribution in [0.2, 0.25) is 0 Å². The second-order valence-electron chi connectivity index (χ2n) is 13.1. The van der Waals surface area contributed by atoms with E-state index in [2.05, 4.69) is 19.2 Å². The number of ether oxygens (including phenoxy) is 1. The Bertz CT molecular complexity index is 815. The Kier molecular flexibility index (Phi) is 23.1. The molecule has 0 spiro atoms. The van der Waals surface area contributed by atoms with Gasteiger partial charge in [-0.2, -0.15) is 0 Å². The van der Waals surface area contributed by atoms with Gasteiger partial charge in [0.1, 0.15) is 18.3 Å². The van der Waals surface area contributed by atoms with Gasteiger partial charge in [-0.1, -0.05) is 97.3 Å². The molecule has 45 heavy (non-hydrogen) atoms. The van der Waals surface area contributed by atoms with Gasteiger partial charge < -0.3 is 20.3 Å². The van der Waals surface area contributed by atoms with Crippen molar-refractivity contribution < 1.29 is 33.7 Å². The first-order valence-corrected chi connectivity index (χ1v) is 19.4. The van der Waals surface area contributed by atoms with Crippen molar-refractivity contribution in [3.05, 3.63) is 0 Å². The number of carbonyl (C=O) groups excluding carboxylic acids is 1. The lowest BCUT2D eigenvalue weighted by molar-refractivity contribution is -0.369. The monoisotopic (exact) mass is 702 g/mol. The van der Waals surface area contributed by atoms with Crippen LogP contribution in [-0.2, 0) is 30.1 Å². The summed E-state index contributed by atoms with van der Waals surface area (Å²) in [6, 6.07) is -1.12. The third kappa shape index (κ3) is 14.9. The highest BCUT2D eigenvalue weighted by Crippen LogP contribution is 2.30. The molecule has 12 heteroatoms. The number of nitrogens with zero attached hydrogens (tertiary/aromatic N) is 1. The van der Waals surface area contributed by atoms with Gasteiger partial charge in [-0.3, -0.25) is 13.9 Å². The molecule has 0 bridgehead atoms. The topological polar surface area (TPSA) is 118 Å². The number of aliphatic hydroxyl groups excluding tert-OH is 2. The van der Waals surface area contributed by atoms with E-state index in [1.165, 1.54) is 70.5 Å². The van der Waals surface area contributed by atoms with Gasteiger partial charge in [-0.25, -0.2) is 9.78 Å². The maximum atomic E-state index is 13.3. The van der Waals surface area contributed by atoms with Gasteiger partial charge >= 0.3 is 0 Å². The first-order valence-electron chi connectivity index (χ1n) is 17.4. The number of carbonyl (C=O) groups is 1. The number of likely N-dealkylation sites (N-methyl/N-ethyl adjacent to an activating group) is 1. The molecule has 2 rings (SSSR count). The zero-order valence-corrected chi connectivity index (χ0v) is 30.9. The number of amides is 1. The lowest BCUT2D eigenvalue weighted by atomic mass is 9.92. The van der Waals surface area contributed by atoms with Gasteiger partial charge in [0, 0.05) is 12.8 Å². The number of nitrogens with one attached hydrogen (secondary N) is 1. The van der Waals surface area contributed by atoms with E-state index in [0.717, 1.165) is 45.1 Å². The van der Waals surface area contributed by atoms with Crippen LogP contribution in [0, 0.1) is 5.92 Å². The Hall–Kier alpha value is -0.0400. The van der Waals surface area contributed by atoms with Crippen LogP contribution < -0.4 is 5.32 Å². The number of unbranched alkanes of at least 4 members (excludes halogenated alkanes) is 12. The molecule has 0 aromatic heterocycles. The predicted octanol–water partition coefficient (Wildman–Crippen LogP) is 5.87. The van der Waals surface area contributed by atoms with Crippen molar-refractivity contribution in [3.63, 3.8) is 0 Å². The minimum Gasteiger partial charge on any atom is -0.388 e. The van der Waals surface area contributed by atoms with Crippen LogP contribution in [0.1, 0.15) is 124 Å². The Labute approximate surface area is 287 Å². The molecule has 0 aromatic carbocycles. The molecule has 2 unspecified atom stereocenters. The average Bonchev–Trinajstić information content (AvgIpc) is 3.35. The van der Waals surface area contributed by atoms with E-state index in [-0.39, 0.29) is 24.4 Å². The molecule has 10 atom stereocenters. The number of hydrogen-bond acceptors (Lipinski definition) is 8. The van der Waals surface area contributed by atoms with E-state index in [9.17, 15) is 19.2 Å². The Morgan fingerprint density at radius 3 is 2.04 bits per heavy atom. The zero-order chi connectivity index (χ0) is 32.5. The first-order chi connectivity index (χ1) is 21.1. The zero-order valence-electron chi connectivity index (χ0n) is 28.5. The van der Waals surface area contributed by atoms with E-state index >= 15 is 0 Å². The molecule has 3 N–H and O–H groups in total. The van der Waals surface area contributed by atoms with Gasteiger partial charge in [0.15, 0.2) is 11.5 Å². The van der Waals surface area contributed by atoms with Crippen LogP contribution >= 0.6 is 24.0 Å². The molecule has 1 amide bonds. The molecular weight excluding hydrogens is 639 g/mol. The van der Waals surface area contributed by atoms with Crippen LogP contribution in [0.25, 0.3) is 0 Å². The fourth-order valence-corrected chi connectivity index (χ4v) is 7.66. The molecule has 2 saturated heterocycles. The predicted molar refractivity (Wildman–Crippen MR) is 185 cm³/mol. The molecule has 0 aromatic rings. The van der Waals surface area contributed by atoms with E-state index in [1.807, 2.05) is 11.9 Å². The summed E-state index contributed by atoms with van der Waals surface area (Å²) in [5, 5.41) is 24.4. The highest BCUT2D eigenvalue weighted by molar-refractivity contribution is 7.84. The van der Waals surface area contributed by atoms with Crippen LogP contribution in [0.15, 0.2) is 0 Å². The summed E-state index contributed by atoms with van der Waals surface area (Å²) < 4.78 is 18.7. The third-order valence-electron chi connectivity index (χ3n) is 9.21. The average molecular weight is 704 g/mol. The van der Waals surface area contributed by atoms with Crippen molar-refractivity contribution in [1.82, 2.24) is 10.2 Å². The third-order valence-corrected chi connectivity index (χ3v) is 10.5. The summed E-state index contributed by atoms with van der Waals surface area (Å²) in [6.45, 7) is 7.27. The van der Waals surface area contributed by atoms with Crippen molar-refractivity contribution in [3.8, 4) is 0 Å². The highest BCUT2D eigenvalue weighted by atomic mass is 35.5. The number of aliphatic hydroxyl groups is 2. The first kappa shape index (κ1) is 43.0. The highest BCUT2D eigenvalue weighted by Gasteiger charge is 2.51. The van der Waals surface area contributed by atoms with Crippen molar-refractivity contribution >= 4 is 40.7 Å². The molecule has 9 nitrogen and oxygen atoms in total. The molecule has 2 fully saturated rings. The maximum Gasteiger partial charge on any atom is 0.237 e. The minimum atomic E-state index is -1.58. The van der Waals surface area contributed by atoms with Crippen molar-refractivity contribution in [2.45, 2.75) is 171 Å². The summed E-state index contributed by atoms with van der Waals surface area (Å²) in [4.78, 5) is 26.2. The Balaban J connectivity index is 0.0000101. The molecule has 0 aliphatic carbocycles. The molecule has 0 radical (unpaired) electrons. The fourth-order valence-electron chi connectivity index (χ4n) is 6.58. The van der Waals surface area contributed by atoms with Crippen LogP contribution in [-0.4, -0.2) is 99.0 Å². The van der Waals surface area contributed by atoms with Gasteiger partial charge in [0.2, 0.25) is 5.91 Å². The fraction of sp³-hybridized carbons (Fsp3) is 0.970. The summed E-state index contributed by atoms with van der Waals surface area (Å²) >= 11 is 6.49. The molecule has 2 aliphatic heterocycles. The van der Waals surface area contributed by atoms with E-state index in [0.29, 0.717) is 12.5 Å². The number of hydrogen-bond donors (Lipinski definition) is 3. The van der Waals surface area contributed by atoms with Gasteiger partial charge in [-0.05, 0) is 39.2 Å². The Morgan fingerprint density at radius 2 is 1.53 bits per heavy atom. The molecule has 268 valence electrons. The number of rotatable bonds is 23. The van der Waals surface area contributed by atoms with Crippen LogP contribution in [0.5, 0.6) is 0 Å². The summed E-state index contributed by atoms with van der Waals surface area (Å²) in [7, 11) is 0.359. The van der Waals surface area contributed by atoms with Crippen molar-refractivity contribution in [2.75, 3.05) is 26.5 Å². The second-order valence-corrected chi connectivity index (χ2v) is 15.3. The van der Waals surface area contributed by atoms with Crippen molar-refractivity contribution in [1.29, 1.82) is 0 Å². The maximum absolute atomic E-state index is 13.3. The largest absolute Gasteiger partial charge is 0.388 e. The molecule has 2 aliphatic rings. The lowest BCUT2D eigenvalue weighted by Crippen LogP contribution is -2.66. The molecule has 2 heterocycles. The van der Waals surface area contributed by atoms with Crippen molar-refractivity contribution in [2.24, 2.45) is 5.92 Å². The lowest BCUT2D eigenvalue weighted by Gasteiger charge is -2.44. The van der Waals surface area contributed by atoms with E-state index < -0.39 is 52.1 Å². The SMILES string of the molecule is CCCCCCCCCCCCCCCOO[C@H]1C(S(C)=O)O[C@H]([C@H](NC(=O)[C@@H]2C[C@@H](CCC)CN2C)[C@H](C)Cl)[C@H](O)[C@@H]1O.Cl. The van der Waals surface area contributed by atoms with Gasteiger partial charge in [0.05, 0.1) is 34.9 Å². The van der Waals surface area contributed by atoms with Crippen LogP contribution in [0.4, 0.5) is 0 Å². The molecule has 0 saturated carbocycles. The van der Waals surface area contributed by atoms with Gasteiger partial charge in [-0.15, -0.1) is 24.0 Å². The van der Waals surface area contributed by atoms with E-state index in [1.54, 1.807) is 6.92 Å². The van der Waals surface area contributed by atoms with E-state index in [4.69, 9.17) is 26.1 Å². The normalized spacial score (nSPS) is 29.2. The minimum absolute atomic E-state index is 0. The standard InChI is InChI=1S/C33H63ClN2O7S.ClH/c1-6-8-9-10-11-12-13-14-15-16-17-18-19-21-41-43-31-29(38)28(37)30(42-33(31)44(5)40)27(24(3)34)35-32(39)26-22-25(20-7-2)23-36(26)4;/h24-31,33,37-38H,6-23H2,1-5H3,(H,35,39);1H/t24-,25+,26-,27+,28+,29-,30+,31+,33?,44?;/m0./s1. The number of alkyl halides is 1. The van der Waals surface area contributed by atoms with Crippen LogP contribution in [0.3, 0.4) is 0 Å². The summed E-state index contributed by atoms with van der Waals surface area (Å²) in [6.07, 6.45) is 15.4. The van der Waals surface area contributed by atoms with Gasteiger partial charge in [0.25, 0.3) is 0 Å². The smallest absolute Gasteiger partial charge is 0.237 e. The quantitative estimate of drug-likeness (QED) is 0.0524. The molecular formula is C33H64Cl2N2O7S. The second kappa shape index (κ2) is 24.2. The summed E-state index contributed by atoms with van der Waals surface area (Å²) in [5.74, 6) is 0.262. The number of halogens is 2.